The van der Waals surface area contributed by atoms with Crippen molar-refractivity contribution < 1.29 is 0 Å². The van der Waals surface area contributed by atoms with Gasteiger partial charge in [0.15, 0.2) is 0 Å². The van der Waals surface area contributed by atoms with Crippen LogP contribution in [0.4, 0.5) is 17.1 Å². The van der Waals surface area contributed by atoms with Crippen molar-refractivity contribution in [2.75, 3.05) is 4.90 Å². The van der Waals surface area contributed by atoms with Gasteiger partial charge >= 0.3 is 0 Å². The van der Waals surface area contributed by atoms with Gasteiger partial charge in [0, 0.05) is 17.1 Å². The highest BCUT2D eigenvalue weighted by Crippen LogP contribution is 2.49. The molecule has 0 saturated carbocycles. The van der Waals surface area contributed by atoms with Gasteiger partial charge in [-0.1, -0.05) is 188 Å². The van der Waals surface area contributed by atoms with E-state index in [1.54, 1.807) is 0 Å². The molecule has 0 saturated heterocycles. The minimum absolute atomic E-state index is 1.11. The average Bonchev–Trinajstić information content (AvgIpc) is 3.32. The lowest BCUT2D eigenvalue weighted by Gasteiger charge is -2.26. The highest BCUT2D eigenvalue weighted by molar-refractivity contribution is 6.33. The van der Waals surface area contributed by atoms with E-state index in [0.717, 1.165) is 17.1 Å². The van der Waals surface area contributed by atoms with Crippen LogP contribution in [0.5, 0.6) is 0 Å². The van der Waals surface area contributed by atoms with Crippen LogP contribution in [0.2, 0.25) is 0 Å². The molecule has 0 heterocycles. The summed E-state index contributed by atoms with van der Waals surface area (Å²) in [6.07, 6.45) is 0. The zero-order valence-corrected chi connectivity index (χ0v) is 32.5. The van der Waals surface area contributed by atoms with Crippen LogP contribution in [-0.4, -0.2) is 0 Å². The van der Waals surface area contributed by atoms with Gasteiger partial charge in [-0.3, -0.25) is 0 Å². The van der Waals surface area contributed by atoms with E-state index in [4.69, 9.17) is 0 Å². The van der Waals surface area contributed by atoms with Crippen LogP contribution in [0.25, 0.3) is 87.6 Å². The van der Waals surface area contributed by atoms with Crippen molar-refractivity contribution in [2.24, 2.45) is 0 Å². The number of hydrogen-bond donors (Lipinski definition) is 0. The van der Waals surface area contributed by atoms with Gasteiger partial charge < -0.3 is 4.90 Å². The molecule has 0 fully saturated rings. The van der Waals surface area contributed by atoms with E-state index in [9.17, 15) is 0 Å². The molecule has 59 heavy (non-hydrogen) atoms. The Labute approximate surface area is 344 Å². The molecule has 0 amide bonds. The molecule has 0 atom stereocenters. The van der Waals surface area contributed by atoms with Gasteiger partial charge in [0.25, 0.3) is 0 Å². The first-order chi connectivity index (χ1) is 29.3. The molecule has 11 aromatic carbocycles. The molecule has 11 aromatic rings. The van der Waals surface area contributed by atoms with Crippen LogP contribution < -0.4 is 4.90 Å². The molecule has 1 nitrogen and oxygen atoms in total. The Kier molecular flexibility index (Phi) is 8.56. The number of hydrogen-bond acceptors (Lipinski definition) is 1. The quantitative estimate of drug-likeness (QED) is 0.147. The first-order valence-electron chi connectivity index (χ1n) is 20.3. The Bertz CT molecular complexity index is 3280. The lowest BCUT2D eigenvalue weighted by atomic mass is 9.81. The maximum absolute atomic E-state index is 2.43. The van der Waals surface area contributed by atoms with Crippen molar-refractivity contribution in [1.29, 1.82) is 0 Å². The molecule has 1 heteroatoms. The molecule has 11 rings (SSSR count). The summed E-state index contributed by atoms with van der Waals surface area (Å²) in [5, 5.41) is 10.0. The van der Waals surface area contributed by atoms with Crippen molar-refractivity contribution in [3.63, 3.8) is 0 Å². The molecule has 0 aromatic heterocycles. The van der Waals surface area contributed by atoms with Crippen LogP contribution in [-0.2, 0) is 0 Å². The van der Waals surface area contributed by atoms with Gasteiger partial charge in [-0.05, 0) is 136 Å². The van der Waals surface area contributed by atoms with E-state index in [1.165, 1.54) is 87.6 Å². The fraction of sp³-hybridized carbons (Fsp3) is 0. The minimum atomic E-state index is 1.11. The molecule has 0 spiro atoms. The predicted octanol–water partition coefficient (Wildman–Crippen LogP) is 16.4. The number of rotatable bonds is 7. The average molecular weight is 750 g/mol. The van der Waals surface area contributed by atoms with Crippen LogP contribution in [0.3, 0.4) is 0 Å². The number of benzene rings is 11. The first-order valence-corrected chi connectivity index (χ1v) is 20.3. The Balaban J connectivity index is 1.14. The second-order valence-electron chi connectivity index (χ2n) is 15.2. The Morgan fingerprint density at radius 1 is 0.237 bits per heavy atom. The van der Waals surface area contributed by atoms with Crippen molar-refractivity contribution in [3.05, 3.63) is 237 Å². The molecule has 0 unspecified atom stereocenters. The number of anilines is 3. The van der Waals surface area contributed by atoms with E-state index < -0.39 is 0 Å². The maximum atomic E-state index is 2.43. The minimum Gasteiger partial charge on any atom is -0.310 e. The largest absolute Gasteiger partial charge is 0.310 e. The fourth-order valence-corrected chi connectivity index (χ4v) is 9.07. The number of para-hydroxylation sites is 1. The Morgan fingerprint density at radius 3 is 1.44 bits per heavy atom. The number of nitrogens with zero attached hydrogens (tertiary/aromatic N) is 1. The standard InChI is InChI=1S/C58H39N/c1-5-18-42(19-6-1)53-39-54(43-20-7-2-8-21-43)57-51-28-16-15-27-50(51)55-38-46(32-36-52(55)58(57)56(53)44-22-9-3-10-23-44)41-29-33-48(34-30-41)59(47-25-11-4-12-26-47)49-35-31-40-17-13-14-24-45(40)37-49/h1-39H. The molecule has 0 aliphatic carbocycles. The fourth-order valence-electron chi connectivity index (χ4n) is 9.07. The van der Waals surface area contributed by atoms with Gasteiger partial charge in [0.1, 0.15) is 0 Å². The summed E-state index contributed by atoms with van der Waals surface area (Å²) in [6, 6.07) is 86.2. The van der Waals surface area contributed by atoms with E-state index in [0.29, 0.717) is 0 Å². The molecule has 276 valence electrons. The lowest BCUT2D eigenvalue weighted by Crippen LogP contribution is -2.09. The van der Waals surface area contributed by atoms with Gasteiger partial charge in [-0.15, -0.1) is 0 Å². The second-order valence-corrected chi connectivity index (χ2v) is 15.2. The van der Waals surface area contributed by atoms with Gasteiger partial charge in [0.05, 0.1) is 0 Å². The Morgan fingerprint density at radius 2 is 0.746 bits per heavy atom. The Hall–Kier alpha value is -7.74. The van der Waals surface area contributed by atoms with E-state index in [1.807, 2.05) is 0 Å². The second kappa shape index (κ2) is 14.6. The summed E-state index contributed by atoms with van der Waals surface area (Å²) in [7, 11) is 0. The molecule has 0 radical (unpaired) electrons. The van der Waals surface area contributed by atoms with Gasteiger partial charge in [-0.25, -0.2) is 0 Å². The monoisotopic (exact) mass is 749 g/mol. The summed E-state index contributed by atoms with van der Waals surface area (Å²) < 4.78 is 0. The zero-order valence-electron chi connectivity index (χ0n) is 32.5. The summed E-state index contributed by atoms with van der Waals surface area (Å²) in [5.41, 5.74) is 13.1. The van der Waals surface area contributed by atoms with Crippen LogP contribution in [0, 0.1) is 0 Å². The summed E-state index contributed by atoms with van der Waals surface area (Å²) >= 11 is 0. The molecular weight excluding hydrogens is 711 g/mol. The topological polar surface area (TPSA) is 3.24 Å². The van der Waals surface area contributed by atoms with Crippen molar-refractivity contribution in [1.82, 2.24) is 0 Å². The van der Waals surface area contributed by atoms with Crippen molar-refractivity contribution in [3.8, 4) is 44.5 Å². The van der Waals surface area contributed by atoms with Crippen LogP contribution in [0.1, 0.15) is 0 Å². The van der Waals surface area contributed by atoms with Gasteiger partial charge in [-0.2, -0.15) is 0 Å². The molecule has 0 aliphatic rings. The normalized spacial score (nSPS) is 11.4. The highest BCUT2D eigenvalue weighted by Gasteiger charge is 2.22. The third kappa shape index (κ3) is 6.12. The third-order valence-corrected chi connectivity index (χ3v) is 11.8. The van der Waals surface area contributed by atoms with Gasteiger partial charge in [0.2, 0.25) is 0 Å². The van der Waals surface area contributed by atoms with E-state index in [-0.39, 0.29) is 0 Å². The number of fused-ring (bicyclic) bond motifs is 7. The molecule has 0 aliphatic heterocycles. The van der Waals surface area contributed by atoms with Crippen molar-refractivity contribution in [2.45, 2.75) is 0 Å². The first kappa shape index (κ1) is 34.5. The van der Waals surface area contributed by atoms with E-state index >= 15 is 0 Å². The highest BCUT2D eigenvalue weighted by atomic mass is 15.1. The third-order valence-electron chi connectivity index (χ3n) is 11.8. The van der Waals surface area contributed by atoms with Crippen LogP contribution in [0.15, 0.2) is 237 Å². The summed E-state index contributed by atoms with van der Waals surface area (Å²) in [6.45, 7) is 0. The van der Waals surface area contributed by atoms with E-state index in [2.05, 4.69) is 241 Å². The lowest BCUT2D eigenvalue weighted by molar-refractivity contribution is 1.29. The molecular formula is C58H39N. The van der Waals surface area contributed by atoms with Crippen LogP contribution >= 0.6 is 0 Å². The summed E-state index contributed by atoms with van der Waals surface area (Å²) in [4.78, 5) is 2.34. The predicted molar refractivity (Wildman–Crippen MR) is 253 cm³/mol. The SMILES string of the molecule is c1ccc(-c2cc(-c3ccccc3)c3c4ccccc4c4cc(-c5ccc(N(c6ccccc6)c6ccc7ccccc7c6)cc5)ccc4c3c2-c2ccccc2)cc1. The maximum Gasteiger partial charge on any atom is 0.0468 e. The smallest absolute Gasteiger partial charge is 0.0468 e. The zero-order chi connectivity index (χ0) is 39.1. The molecule has 0 bridgehead atoms. The van der Waals surface area contributed by atoms with Crippen molar-refractivity contribution >= 4 is 60.2 Å². The molecule has 0 N–H and O–H groups in total. The summed E-state index contributed by atoms with van der Waals surface area (Å²) in [5.74, 6) is 0.